The Morgan fingerprint density at radius 1 is 1.00 bits per heavy atom. The monoisotopic (exact) mass is 497 g/mol. The number of piperidine rings is 1. The summed E-state index contributed by atoms with van der Waals surface area (Å²) in [5, 5.41) is 0. The van der Waals surface area contributed by atoms with Crippen LogP contribution in [0.4, 0.5) is 10.1 Å². The van der Waals surface area contributed by atoms with E-state index >= 15 is 0 Å². The van der Waals surface area contributed by atoms with E-state index in [1.54, 1.807) is 15.5 Å². The molecule has 5 rings (SSSR count). The summed E-state index contributed by atoms with van der Waals surface area (Å²) in [6, 6.07) is 14.6. The van der Waals surface area contributed by atoms with Gasteiger partial charge in [-0.25, -0.2) is 12.8 Å². The zero-order valence-electron chi connectivity index (χ0n) is 19.0. The molecule has 0 aliphatic carbocycles. The highest BCUT2D eigenvalue weighted by Gasteiger charge is 2.37. The number of nitrogens with one attached hydrogen (secondary N) is 1. The standard InChI is InChI=1S/C25H24FN3O5S/c1-34-20-6-8-21(9-7-20)35(32,33)27-22-10-11-23-18-12-16(14-29(23)25(22)31)13-28(15-18)24(30)17-2-4-19(26)5-3-17/h2-11,16,18,27H,12-15H2,1H3. The first-order valence-corrected chi connectivity index (χ1v) is 12.7. The lowest BCUT2D eigenvalue weighted by Gasteiger charge is -2.43. The molecule has 2 aliphatic heterocycles. The summed E-state index contributed by atoms with van der Waals surface area (Å²) in [5.41, 5.74) is 0.763. The molecular weight excluding hydrogens is 473 g/mol. The Kier molecular flexibility index (Phi) is 5.84. The summed E-state index contributed by atoms with van der Waals surface area (Å²) in [6.45, 7) is 1.29. The molecule has 3 heterocycles. The van der Waals surface area contributed by atoms with Crippen LogP contribution in [0.2, 0.25) is 0 Å². The molecule has 8 nitrogen and oxygen atoms in total. The van der Waals surface area contributed by atoms with E-state index < -0.39 is 21.4 Å². The van der Waals surface area contributed by atoms with Crippen LogP contribution in [0.25, 0.3) is 0 Å². The number of likely N-dealkylation sites (tertiary alicyclic amines) is 1. The maximum atomic E-state index is 13.2. The number of ether oxygens (including phenoxy) is 1. The number of amides is 1. The lowest BCUT2D eigenvalue weighted by Crippen LogP contribution is -2.49. The number of halogens is 1. The van der Waals surface area contributed by atoms with Crippen molar-refractivity contribution in [3.8, 4) is 5.75 Å². The van der Waals surface area contributed by atoms with Gasteiger partial charge in [-0.15, -0.1) is 0 Å². The Bertz CT molecular complexity index is 1440. The van der Waals surface area contributed by atoms with Gasteiger partial charge in [0.15, 0.2) is 0 Å². The molecule has 2 aromatic carbocycles. The highest BCUT2D eigenvalue weighted by atomic mass is 32.2. The molecule has 1 N–H and O–H groups in total. The van der Waals surface area contributed by atoms with Crippen molar-refractivity contribution in [1.82, 2.24) is 9.47 Å². The Balaban J connectivity index is 1.38. The molecule has 1 fully saturated rings. The van der Waals surface area contributed by atoms with Crippen LogP contribution < -0.4 is 15.0 Å². The van der Waals surface area contributed by atoms with Gasteiger partial charge in [-0.2, -0.15) is 0 Å². The highest BCUT2D eigenvalue weighted by Crippen LogP contribution is 2.36. The van der Waals surface area contributed by atoms with Crippen LogP contribution in [0.15, 0.2) is 70.4 Å². The van der Waals surface area contributed by atoms with Crippen molar-refractivity contribution in [2.75, 3.05) is 24.9 Å². The second-order valence-electron chi connectivity index (χ2n) is 8.88. The van der Waals surface area contributed by atoms with E-state index in [2.05, 4.69) is 4.72 Å². The molecular formula is C25H24FN3O5S. The van der Waals surface area contributed by atoms with E-state index in [0.717, 1.165) is 12.1 Å². The maximum absolute atomic E-state index is 13.2. The van der Waals surface area contributed by atoms with Gasteiger partial charge in [0, 0.05) is 36.8 Å². The molecule has 1 saturated heterocycles. The molecule has 35 heavy (non-hydrogen) atoms. The summed E-state index contributed by atoms with van der Waals surface area (Å²) in [5.74, 6) is -0.0388. The third kappa shape index (κ3) is 4.41. The number of hydrogen-bond acceptors (Lipinski definition) is 5. The van der Waals surface area contributed by atoms with Gasteiger partial charge in [0.25, 0.3) is 21.5 Å². The molecule has 2 aliphatic rings. The minimum absolute atomic E-state index is 0.0206. The summed E-state index contributed by atoms with van der Waals surface area (Å²) < 4.78 is 48.0. The van der Waals surface area contributed by atoms with Crippen molar-refractivity contribution in [3.63, 3.8) is 0 Å². The van der Waals surface area contributed by atoms with Crippen molar-refractivity contribution >= 4 is 21.6 Å². The fourth-order valence-electron chi connectivity index (χ4n) is 4.92. The number of pyridine rings is 1. The number of nitrogens with zero attached hydrogens (tertiary/aromatic N) is 2. The summed E-state index contributed by atoms with van der Waals surface area (Å²) in [6.07, 6.45) is 0.837. The molecule has 0 radical (unpaired) electrons. The second kappa shape index (κ2) is 8.84. The third-order valence-electron chi connectivity index (χ3n) is 6.60. The number of hydrogen-bond donors (Lipinski definition) is 1. The van der Waals surface area contributed by atoms with Crippen molar-refractivity contribution < 1.29 is 22.3 Å². The zero-order chi connectivity index (χ0) is 24.7. The average molecular weight is 498 g/mol. The Labute approximate surface area is 202 Å². The Hall–Kier alpha value is -3.66. The minimum atomic E-state index is -3.96. The summed E-state index contributed by atoms with van der Waals surface area (Å²) in [7, 11) is -2.47. The van der Waals surface area contributed by atoms with Gasteiger partial charge in [0.2, 0.25) is 0 Å². The van der Waals surface area contributed by atoms with E-state index in [4.69, 9.17) is 4.74 Å². The van der Waals surface area contributed by atoms with Crippen molar-refractivity contribution in [1.29, 1.82) is 0 Å². The highest BCUT2D eigenvalue weighted by molar-refractivity contribution is 7.92. The lowest BCUT2D eigenvalue weighted by atomic mass is 9.83. The smallest absolute Gasteiger partial charge is 0.275 e. The Morgan fingerprint density at radius 3 is 2.40 bits per heavy atom. The summed E-state index contributed by atoms with van der Waals surface area (Å²) in [4.78, 5) is 28.0. The molecule has 0 spiro atoms. The molecule has 0 saturated carbocycles. The quantitative estimate of drug-likeness (QED) is 0.584. The topological polar surface area (TPSA) is 97.7 Å². The normalized spacial score (nSPS) is 19.1. The van der Waals surface area contributed by atoms with E-state index in [1.165, 1.54) is 61.7 Å². The van der Waals surface area contributed by atoms with Crippen LogP contribution in [0.1, 0.15) is 28.4 Å². The fourth-order valence-corrected chi connectivity index (χ4v) is 5.98. The van der Waals surface area contributed by atoms with Gasteiger partial charge < -0.3 is 14.2 Å². The van der Waals surface area contributed by atoms with E-state index in [-0.39, 0.29) is 28.3 Å². The maximum Gasteiger partial charge on any atom is 0.275 e. The van der Waals surface area contributed by atoms with Gasteiger partial charge in [-0.1, -0.05) is 0 Å². The number of rotatable bonds is 5. The van der Waals surface area contributed by atoms with Crippen LogP contribution in [-0.2, 0) is 16.6 Å². The molecule has 1 aromatic heterocycles. The molecule has 3 aromatic rings. The first-order valence-electron chi connectivity index (χ1n) is 11.2. The van der Waals surface area contributed by atoms with E-state index in [9.17, 15) is 22.4 Å². The van der Waals surface area contributed by atoms with Crippen LogP contribution in [-0.4, -0.2) is 44.0 Å². The van der Waals surface area contributed by atoms with Crippen LogP contribution >= 0.6 is 0 Å². The van der Waals surface area contributed by atoms with Crippen LogP contribution in [0.5, 0.6) is 5.75 Å². The van der Waals surface area contributed by atoms with Gasteiger partial charge in [-0.05, 0) is 73.0 Å². The number of benzene rings is 2. The van der Waals surface area contributed by atoms with E-state index in [1.807, 2.05) is 0 Å². The van der Waals surface area contributed by atoms with Crippen LogP contribution in [0.3, 0.4) is 0 Å². The fraction of sp³-hybridized carbons (Fsp3) is 0.280. The first kappa shape index (κ1) is 23.1. The number of carbonyl (C=O) groups is 1. The predicted octanol–water partition coefficient (Wildman–Crippen LogP) is 3.06. The number of carbonyl (C=O) groups excluding carboxylic acids is 1. The van der Waals surface area contributed by atoms with Crippen molar-refractivity contribution in [3.05, 3.63) is 88.1 Å². The number of methoxy groups -OCH3 is 1. The molecule has 10 heteroatoms. The van der Waals surface area contributed by atoms with E-state index in [0.29, 0.717) is 30.9 Å². The van der Waals surface area contributed by atoms with Gasteiger partial charge in [0.1, 0.15) is 17.3 Å². The first-order chi connectivity index (χ1) is 16.7. The minimum Gasteiger partial charge on any atom is -0.497 e. The lowest BCUT2D eigenvalue weighted by molar-refractivity contribution is 0.0594. The average Bonchev–Trinajstić information content (AvgIpc) is 2.86. The molecule has 2 unspecified atom stereocenters. The number of aromatic nitrogens is 1. The predicted molar refractivity (Wildman–Crippen MR) is 128 cm³/mol. The molecule has 1 amide bonds. The van der Waals surface area contributed by atoms with Gasteiger partial charge >= 0.3 is 0 Å². The zero-order valence-corrected chi connectivity index (χ0v) is 19.8. The molecule has 182 valence electrons. The number of fused-ring (bicyclic) bond motifs is 4. The van der Waals surface area contributed by atoms with Crippen LogP contribution in [0, 0.1) is 11.7 Å². The second-order valence-corrected chi connectivity index (χ2v) is 10.6. The van der Waals surface area contributed by atoms with Crippen molar-refractivity contribution in [2.24, 2.45) is 5.92 Å². The molecule has 2 bridgehead atoms. The Morgan fingerprint density at radius 2 is 1.71 bits per heavy atom. The largest absolute Gasteiger partial charge is 0.497 e. The van der Waals surface area contributed by atoms with Gasteiger partial charge in [-0.3, -0.25) is 14.3 Å². The van der Waals surface area contributed by atoms with Crippen molar-refractivity contribution in [2.45, 2.75) is 23.8 Å². The third-order valence-corrected chi connectivity index (χ3v) is 7.98. The molecule has 2 atom stereocenters. The van der Waals surface area contributed by atoms with Gasteiger partial charge in [0.05, 0.1) is 12.0 Å². The summed E-state index contributed by atoms with van der Waals surface area (Å²) >= 11 is 0. The SMILES string of the molecule is COc1ccc(S(=O)(=O)Nc2ccc3n(c2=O)CC2CC3CN(C(=O)c3ccc(F)cc3)C2)cc1. The number of anilines is 1. The number of sulfonamides is 1.